The second kappa shape index (κ2) is 15.4. The quantitative estimate of drug-likeness (QED) is 0.143. The molecule has 0 saturated heterocycles. The van der Waals surface area contributed by atoms with Gasteiger partial charge in [0.25, 0.3) is 11.0 Å². The second-order valence-corrected chi connectivity index (χ2v) is 10.2. The van der Waals surface area contributed by atoms with Crippen molar-refractivity contribution in [2.45, 2.75) is 71.9 Å². The van der Waals surface area contributed by atoms with Crippen LogP contribution in [-0.2, 0) is 21.0 Å². The van der Waals surface area contributed by atoms with E-state index in [0.29, 0.717) is 31.2 Å². The molecule has 1 aromatic heterocycles. The Labute approximate surface area is 243 Å². The lowest BCUT2D eigenvalue weighted by Gasteiger charge is -2.32. The lowest BCUT2D eigenvalue weighted by molar-refractivity contribution is -0.757. The first-order valence-electron chi connectivity index (χ1n) is 13.9. The summed E-state index contributed by atoms with van der Waals surface area (Å²) in [5.74, 6) is -1.59. The highest BCUT2D eigenvalue weighted by Crippen LogP contribution is 2.30. The predicted octanol–water partition coefficient (Wildman–Crippen LogP) is 4.65. The van der Waals surface area contributed by atoms with Gasteiger partial charge in [-0.15, -0.1) is 20.3 Å². The van der Waals surface area contributed by atoms with Crippen molar-refractivity contribution >= 4 is 17.8 Å². The molecule has 0 saturated carbocycles. The fraction of sp³-hybridized carbons (Fsp3) is 0.448. The number of carbonyl (C=O) groups is 3. The summed E-state index contributed by atoms with van der Waals surface area (Å²) < 4.78 is 0. The van der Waals surface area contributed by atoms with Gasteiger partial charge in [0.15, 0.2) is 0 Å². The molecule has 1 heterocycles. The lowest BCUT2D eigenvalue weighted by Crippen LogP contribution is -2.47. The number of carboxylic acid groups (broad SMARTS) is 1. The van der Waals surface area contributed by atoms with E-state index in [1.54, 1.807) is 13.8 Å². The minimum atomic E-state index is -1.02. The minimum Gasteiger partial charge on any atom is -0.480 e. The molecule has 13 nitrogen and oxygen atoms in total. The molecular weight excluding hydrogens is 544 g/mol. The van der Waals surface area contributed by atoms with E-state index in [2.05, 4.69) is 20.2 Å². The second-order valence-electron chi connectivity index (χ2n) is 10.2. The van der Waals surface area contributed by atoms with Gasteiger partial charge < -0.3 is 14.8 Å². The fourth-order valence-electron chi connectivity index (χ4n) is 4.55. The third kappa shape index (κ3) is 8.66. The lowest BCUT2D eigenvalue weighted by atomic mass is 9.97. The number of rotatable bonds is 16. The van der Waals surface area contributed by atoms with Gasteiger partial charge in [-0.05, 0) is 47.1 Å². The van der Waals surface area contributed by atoms with Gasteiger partial charge in [-0.3, -0.25) is 9.59 Å². The van der Waals surface area contributed by atoms with Crippen molar-refractivity contribution in [1.29, 1.82) is 0 Å². The van der Waals surface area contributed by atoms with E-state index in [0.717, 1.165) is 27.9 Å². The summed E-state index contributed by atoms with van der Waals surface area (Å²) in [5, 5.41) is 31.4. The largest absolute Gasteiger partial charge is 0.480 e. The van der Waals surface area contributed by atoms with Gasteiger partial charge in [0.05, 0.1) is 6.61 Å². The molecule has 13 heteroatoms. The van der Waals surface area contributed by atoms with Gasteiger partial charge in [0, 0.05) is 24.9 Å². The van der Waals surface area contributed by atoms with Gasteiger partial charge in [0.2, 0.25) is 11.7 Å². The van der Waals surface area contributed by atoms with E-state index in [4.69, 9.17) is 0 Å². The molecule has 0 unspecified atom stereocenters. The van der Waals surface area contributed by atoms with Crippen LogP contribution in [0.1, 0.15) is 69.7 Å². The van der Waals surface area contributed by atoms with Crippen LogP contribution < -0.4 is 0 Å². The van der Waals surface area contributed by atoms with E-state index < -0.39 is 23.0 Å². The summed E-state index contributed by atoms with van der Waals surface area (Å²) in [6.07, 6.45) is 2.62. The van der Waals surface area contributed by atoms with Crippen LogP contribution in [0.5, 0.6) is 0 Å². The van der Waals surface area contributed by atoms with E-state index in [1.807, 2.05) is 55.5 Å². The molecule has 0 aliphatic rings. The van der Waals surface area contributed by atoms with Crippen LogP contribution in [0, 0.1) is 16.0 Å². The number of carboxylic acids is 1. The van der Waals surface area contributed by atoms with Crippen LogP contribution >= 0.6 is 0 Å². The normalized spacial score (nSPS) is 11.7. The maximum Gasteiger partial charge on any atom is 0.326 e. The van der Waals surface area contributed by atoms with Gasteiger partial charge in [-0.25, -0.2) is 4.79 Å². The Morgan fingerprint density at radius 2 is 1.71 bits per heavy atom. The highest BCUT2D eigenvalue weighted by atomic mass is 16.9. The van der Waals surface area contributed by atoms with Gasteiger partial charge in [0.1, 0.15) is 6.04 Å². The van der Waals surface area contributed by atoms with E-state index >= 15 is 0 Å². The third-order valence-electron chi connectivity index (χ3n) is 6.69. The zero-order chi connectivity index (χ0) is 30.6. The average Bonchev–Trinajstić information content (AvgIpc) is 3.45. The van der Waals surface area contributed by atoms with Gasteiger partial charge in [-0.1, -0.05) is 80.5 Å². The number of amides is 1. The monoisotopic (exact) mass is 580 g/mol. The zero-order valence-electron chi connectivity index (χ0n) is 24.0. The SMILES string of the molecule is CCCCC(=O)N(Cc1ccc(-c2ccccc2-c2nnn(C(=O)CCCCO[N+](=O)[O-])n2)cc1)[C@@H](C(=O)O)C(C)C. The standard InChI is InChI=1S/C29H36N6O7/c1-4-5-12-25(36)33(27(20(2)3)29(38)39)19-21-14-16-22(17-15-21)23-10-6-7-11-24(23)28-30-32-34(31-28)26(37)13-8-9-18-42-35(40)41/h6-7,10-11,14-17,20,27H,4-5,8-9,12-13,18-19H2,1-3H3,(H,38,39)/t27-/m1/s1. The zero-order valence-corrected chi connectivity index (χ0v) is 24.0. The smallest absolute Gasteiger partial charge is 0.326 e. The minimum absolute atomic E-state index is 0.0808. The van der Waals surface area contributed by atoms with Crippen LogP contribution in [0.25, 0.3) is 22.5 Å². The molecule has 0 bridgehead atoms. The predicted molar refractivity (Wildman–Crippen MR) is 152 cm³/mol. The number of benzene rings is 2. The van der Waals surface area contributed by atoms with Crippen LogP contribution in [-0.4, -0.2) is 65.7 Å². The molecule has 0 aliphatic heterocycles. The van der Waals surface area contributed by atoms with E-state index in [1.165, 1.54) is 4.90 Å². The topological polar surface area (TPSA) is 171 Å². The molecule has 1 amide bonds. The van der Waals surface area contributed by atoms with E-state index in [9.17, 15) is 29.6 Å². The number of aliphatic carboxylic acids is 1. The molecule has 42 heavy (non-hydrogen) atoms. The summed E-state index contributed by atoms with van der Waals surface area (Å²) in [4.78, 5) is 54.3. The number of hydrogen-bond donors (Lipinski definition) is 1. The molecule has 1 N–H and O–H groups in total. The molecule has 1 atom stereocenters. The average molecular weight is 581 g/mol. The Morgan fingerprint density at radius 1 is 1.02 bits per heavy atom. The maximum atomic E-state index is 13.0. The van der Waals surface area contributed by atoms with Gasteiger partial charge >= 0.3 is 5.97 Å². The van der Waals surface area contributed by atoms with Crippen molar-refractivity contribution in [3.8, 4) is 22.5 Å². The molecule has 0 radical (unpaired) electrons. The molecule has 2 aromatic carbocycles. The summed E-state index contributed by atoms with van der Waals surface area (Å²) in [5.41, 5.74) is 3.09. The van der Waals surface area contributed by atoms with Crippen molar-refractivity contribution in [1.82, 2.24) is 25.1 Å². The molecular formula is C29H36N6O7. The Kier molecular flexibility index (Phi) is 11.6. The third-order valence-corrected chi connectivity index (χ3v) is 6.69. The van der Waals surface area contributed by atoms with Crippen LogP contribution in [0.2, 0.25) is 0 Å². The highest BCUT2D eigenvalue weighted by Gasteiger charge is 2.32. The van der Waals surface area contributed by atoms with Crippen molar-refractivity contribution < 1.29 is 29.4 Å². The molecule has 3 rings (SSSR count). The van der Waals surface area contributed by atoms with Crippen LogP contribution in [0.3, 0.4) is 0 Å². The first-order valence-corrected chi connectivity index (χ1v) is 13.9. The Balaban J connectivity index is 1.77. The summed E-state index contributed by atoms with van der Waals surface area (Å²) in [6, 6.07) is 14.0. The summed E-state index contributed by atoms with van der Waals surface area (Å²) >= 11 is 0. The van der Waals surface area contributed by atoms with E-state index in [-0.39, 0.29) is 37.2 Å². The summed E-state index contributed by atoms with van der Waals surface area (Å²) in [6.45, 7) is 5.67. The molecule has 3 aromatic rings. The Bertz CT molecular complexity index is 1370. The first-order chi connectivity index (χ1) is 20.1. The Hall–Kier alpha value is -4.68. The fourth-order valence-corrected chi connectivity index (χ4v) is 4.55. The molecule has 0 aliphatic carbocycles. The molecule has 224 valence electrons. The van der Waals surface area contributed by atoms with Crippen molar-refractivity contribution in [3.63, 3.8) is 0 Å². The first kappa shape index (κ1) is 31.8. The number of carbonyl (C=O) groups excluding carboxylic acids is 2. The number of tetrazole rings is 1. The molecule has 0 fully saturated rings. The molecule has 0 spiro atoms. The maximum absolute atomic E-state index is 13.0. The number of unbranched alkanes of at least 4 members (excludes halogenated alkanes) is 2. The number of aromatic nitrogens is 4. The van der Waals surface area contributed by atoms with Gasteiger partial charge in [-0.2, -0.15) is 0 Å². The van der Waals surface area contributed by atoms with Crippen LogP contribution in [0.15, 0.2) is 48.5 Å². The van der Waals surface area contributed by atoms with Crippen molar-refractivity contribution in [2.75, 3.05) is 6.61 Å². The number of hydrogen-bond acceptors (Lipinski definition) is 9. The van der Waals surface area contributed by atoms with Crippen molar-refractivity contribution in [2.24, 2.45) is 5.92 Å². The number of nitrogens with zero attached hydrogens (tertiary/aromatic N) is 6. The van der Waals surface area contributed by atoms with Crippen LogP contribution in [0.4, 0.5) is 0 Å². The van der Waals surface area contributed by atoms with Crippen molar-refractivity contribution in [3.05, 3.63) is 64.2 Å². The highest BCUT2D eigenvalue weighted by molar-refractivity contribution is 5.84. The Morgan fingerprint density at radius 3 is 2.33 bits per heavy atom. The summed E-state index contributed by atoms with van der Waals surface area (Å²) in [7, 11) is 0.